The Kier molecular flexibility index (Phi) is 3.26. The maximum absolute atomic E-state index is 12.4. The van der Waals surface area contributed by atoms with Crippen molar-refractivity contribution in [1.82, 2.24) is 19.4 Å². The molecule has 1 aromatic carbocycles. The van der Waals surface area contributed by atoms with Gasteiger partial charge < -0.3 is 5.32 Å². The smallest absolute Gasteiger partial charge is 0.257 e. The third-order valence-corrected chi connectivity index (χ3v) is 3.54. The first-order valence-electron chi connectivity index (χ1n) is 5.94. The molecule has 0 spiro atoms. The van der Waals surface area contributed by atoms with E-state index in [1.54, 1.807) is 23.1 Å². The van der Waals surface area contributed by atoms with Crippen LogP contribution < -0.4 is 5.32 Å². The van der Waals surface area contributed by atoms with Gasteiger partial charge >= 0.3 is 0 Å². The molecule has 3 rings (SSSR count). The number of nitrogens with one attached hydrogen (secondary N) is 1. The summed E-state index contributed by atoms with van der Waals surface area (Å²) in [6.45, 7) is 1.86. The van der Waals surface area contributed by atoms with E-state index < -0.39 is 0 Å². The van der Waals surface area contributed by atoms with E-state index in [2.05, 4.69) is 20.0 Å². The second-order valence-electron chi connectivity index (χ2n) is 4.13. The highest BCUT2D eigenvalue weighted by Crippen LogP contribution is 2.19. The van der Waals surface area contributed by atoms with Gasteiger partial charge in [-0.15, -0.1) is 5.10 Å². The van der Waals surface area contributed by atoms with Gasteiger partial charge in [0.05, 0.1) is 35.0 Å². The molecule has 6 nitrogen and oxygen atoms in total. The summed E-state index contributed by atoms with van der Waals surface area (Å²) in [4.78, 5) is 12.4. The average Bonchev–Trinajstić information content (AvgIpc) is 3.11. The van der Waals surface area contributed by atoms with Crippen molar-refractivity contribution in [2.45, 2.75) is 6.92 Å². The Morgan fingerprint density at radius 2 is 2.20 bits per heavy atom. The summed E-state index contributed by atoms with van der Waals surface area (Å²) in [5, 5.41) is 12.3. The first kappa shape index (κ1) is 12.5. The lowest BCUT2D eigenvalue weighted by molar-refractivity contribution is 0.102. The maximum atomic E-state index is 12.4. The SMILES string of the molecule is Cc1nscc1NC(=O)c1ccccc1-n1ccnn1. The molecule has 0 aliphatic rings. The van der Waals surface area contributed by atoms with Crippen LogP contribution in [0.1, 0.15) is 16.1 Å². The zero-order valence-electron chi connectivity index (χ0n) is 10.6. The van der Waals surface area contributed by atoms with Gasteiger partial charge in [-0.2, -0.15) is 4.37 Å². The lowest BCUT2D eigenvalue weighted by atomic mass is 10.1. The van der Waals surface area contributed by atoms with Gasteiger partial charge in [0.1, 0.15) is 0 Å². The third kappa shape index (κ3) is 2.30. The molecule has 100 valence electrons. The molecule has 0 radical (unpaired) electrons. The monoisotopic (exact) mass is 285 g/mol. The minimum Gasteiger partial charge on any atom is -0.320 e. The Morgan fingerprint density at radius 1 is 1.35 bits per heavy atom. The number of hydrogen-bond donors (Lipinski definition) is 1. The highest BCUT2D eigenvalue weighted by atomic mass is 32.1. The largest absolute Gasteiger partial charge is 0.320 e. The summed E-state index contributed by atoms with van der Waals surface area (Å²) in [5.74, 6) is -0.195. The lowest BCUT2D eigenvalue weighted by Crippen LogP contribution is -2.15. The van der Waals surface area contributed by atoms with Crippen molar-refractivity contribution >= 4 is 23.1 Å². The molecule has 3 aromatic rings. The zero-order chi connectivity index (χ0) is 13.9. The fourth-order valence-electron chi connectivity index (χ4n) is 1.80. The van der Waals surface area contributed by atoms with Gasteiger partial charge in [-0.1, -0.05) is 17.3 Å². The van der Waals surface area contributed by atoms with Crippen LogP contribution in [0.5, 0.6) is 0 Å². The van der Waals surface area contributed by atoms with E-state index in [0.29, 0.717) is 11.3 Å². The molecule has 20 heavy (non-hydrogen) atoms. The molecule has 0 aliphatic heterocycles. The molecule has 1 amide bonds. The quantitative estimate of drug-likeness (QED) is 0.801. The van der Waals surface area contributed by atoms with Crippen LogP contribution in [0.4, 0.5) is 5.69 Å². The van der Waals surface area contributed by atoms with Crippen LogP contribution in [-0.2, 0) is 0 Å². The predicted octanol–water partition coefficient (Wildman–Crippen LogP) is 2.28. The summed E-state index contributed by atoms with van der Waals surface area (Å²) in [6.07, 6.45) is 3.27. The number of aromatic nitrogens is 4. The molecule has 1 N–H and O–H groups in total. The Bertz CT molecular complexity index is 735. The van der Waals surface area contributed by atoms with E-state index in [1.807, 2.05) is 30.5 Å². The molecule has 7 heteroatoms. The Balaban J connectivity index is 1.94. The minimum absolute atomic E-state index is 0.195. The molecule has 0 saturated heterocycles. The number of carbonyl (C=O) groups excluding carboxylic acids is 1. The molecule has 2 aromatic heterocycles. The van der Waals surface area contributed by atoms with Gasteiger partial charge in [0, 0.05) is 5.38 Å². The zero-order valence-corrected chi connectivity index (χ0v) is 11.5. The van der Waals surface area contributed by atoms with Crippen LogP contribution in [0, 0.1) is 6.92 Å². The second kappa shape index (κ2) is 5.22. The first-order valence-corrected chi connectivity index (χ1v) is 6.77. The normalized spacial score (nSPS) is 10.4. The number of para-hydroxylation sites is 1. The fraction of sp³-hybridized carbons (Fsp3) is 0.0769. The number of hydrogen-bond acceptors (Lipinski definition) is 5. The van der Waals surface area contributed by atoms with Crippen molar-refractivity contribution in [2.24, 2.45) is 0 Å². The average molecular weight is 285 g/mol. The van der Waals surface area contributed by atoms with Crippen molar-refractivity contribution in [3.05, 3.63) is 53.3 Å². The van der Waals surface area contributed by atoms with Gasteiger partial charge in [-0.25, -0.2) is 4.68 Å². The van der Waals surface area contributed by atoms with Gasteiger partial charge in [0.25, 0.3) is 5.91 Å². The van der Waals surface area contributed by atoms with Crippen molar-refractivity contribution in [1.29, 1.82) is 0 Å². The molecule has 0 atom stereocenters. The van der Waals surface area contributed by atoms with E-state index in [9.17, 15) is 4.79 Å². The van der Waals surface area contributed by atoms with Crippen molar-refractivity contribution in [3.63, 3.8) is 0 Å². The standard InChI is InChI=1S/C13H11N5OS/c1-9-11(8-20-16-9)15-13(19)10-4-2-3-5-12(10)18-7-6-14-17-18/h2-8H,1H3,(H,15,19). The number of anilines is 1. The highest BCUT2D eigenvalue weighted by molar-refractivity contribution is 7.04. The van der Waals surface area contributed by atoms with E-state index in [4.69, 9.17) is 0 Å². The van der Waals surface area contributed by atoms with Crippen LogP contribution in [-0.4, -0.2) is 25.3 Å². The van der Waals surface area contributed by atoms with Crippen LogP contribution in [0.15, 0.2) is 42.0 Å². The number of benzene rings is 1. The van der Waals surface area contributed by atoms with E-state index in [0.717, 1.165) is 11.4 Å². The number of nitrogens with zero attached hydrogens (tertiary/aromatic N) is 4. The van der Waals surface area contributed by atoms with Crippen molar-refractivity contribution in [3.8, 4) is 5.69 Å². The summed E-state index contributed by atoms with van der Waals surface area (Å²) in [6, 6.07) is 7.24. The lowest BCUT2D eigenvalue weighted by Gasteiger charge is -2.09. The molecule has 0 bridgehead atoms. The summed E-state index contributed by atoms with van der Waals surface area (Å²) in [7, 11) is 0. The van der Waals surface area contributed by atoms with E-state index in [1.165, 1.54) is 11.5 Å². The maximum Gasteiger partial charge on any atom is 0.257 e. The predicted molar refractivity (Wildman–Crippen MR) is 76.2 cm³/mol. The van der Waals surface area contributed by atoms with Crippen LogP contribution in [0.3, 0.4) is 0 Å². The number of rotatable bonds is 3. The van der Waals surface area contributed by atoms with Gasteiger partial charge in [-0.3, -0.25) is 4.79 Å². The molecule has 0 unspecified atom stereocenters. The summed E-state index contributed by atoms with van der Waals surface area (Å²) < 4.78 is 5.70. The second-order valence-corrected chi connectivity index (χ2v) is 4.76. The molecule has 0 aliphatic carbocycles. The Hall–Kier alpha value is -2.54. The van der Waals surface area contributed by atoms with Gasteiger partial charge in [0.2, 0.25) is 0 Å². The summed E-state index contributed by atoms with van der Waals surface area (Å²) >= 11 is 1.31. The van der Waals surface area contributed by atoms with E-state index in [-0.39, 0.29) is 5.91 Å². The molecule has 0 saturated carbocycles. The van der Waals surface area contributed by atoms with Crippen LogP contribution >= 0.6 is 11.5 Å². The number of amides is 1. The van der Waals surface area contributed by atoms with Crippen LogP contribution in [0.25, 0.3) is 5.69 Å². The Morgan fingerprint density at radius 3 is 2.90 bits per heavy atom. The molecular formula is C13H11N5OS. The summed E-state index contributed by atoms with van der Waals surface area (Å²) in [5.41, 5.74) is 2.75. The number of aryl methyl sites for hydroxylation is 1. The van der Waals surface area contributed by atoms with Crippen molar-refractivity contribution in [2.75, 3.05) is 5.32 Å². The third-order valence-electron chi connectivity index (χ3n) is 2.82. The Labute approximate surface area is 119 Å². The molecule has 2 heterocycles. The van der Waals surface area contributed by atoms with Gasteiger partial charge in [-0.05, 0) is 30.6 Å². The number of carbonyl (C=O) groups is 1. The van der Waals surface area contributed by atoms with Crippen molar-refractivity contribution < 1.29 is 4.79 Å². The van der Waals surface area contributed by atoms with Gasteiger partial charge in [0.15, 0.2) is 0 Å². The topological polar surface area (TPSA) is 72.7 Å². The highest BCUT2D eigenvalue weighted by Gasteiger charge is 2.14. The molecular weight excluding hydrogens is 274 g/mol. The fourth-order valence-corrected chi connectivity index (χ4v) is 2.45. The van der Waals surface area contributed by atoms with E-state index >= 15 is 0 Å². The molecule has 0 fully saturated rings. The van der Waals surface area contributed by atoms with Crippen LogP contribution in [0.2, 0.25) is 0 Å². The first-order chi connectivity index (χ1) is 9.75. The minimum atomic E-state index is -0.195.